The van der Waals surface area contributed by atoms with Gasteiger partial charge < -0.3 is 4.74 Å². The third kappa shape index (κ3) is 2.06. The van der Waals surface area contributed by atoms with Gasteiger partial charge in [0.15, 0.2) is 0 Å². The molecule has 0 spiro atoms. The van der Waals surface area contributed by atoms with Crippen LogP contribution < -0.4 is 4.74 Å². The summed E-state index contributed by atoms with van der Waals surface area (Å²) in [6.07, 6.45) is 1.79. The molecule has 0 radical (unpaired) electrons. The van der Waals surface area contributed by atoms with E-state index in [0.717, 1.165) is 27.9 Å². The van der Waals surface area contributed by atoms with Gasteiger partial charge in [0.1, 0.15) is 17.1 Å². The van der Waals surface area contributed by atoms with E-state index in [9.17, 15) is 4.91 Å². The summed E-state index contributed by atoms with van der Waals surface area (Å²) in [4.78, 5) is 16.0. The molecule has 112 valence electrons. The number of aryl methyl sites for hydroxylation is 3. The molecule has 0 aliphatic carbocycles. The fourth-order valence-corrected chi connectivity index (χ4v) is 2.60. The molecule has 0 unspecified atom stereocenters. The molecule has 1 aromatic carbocycles. The van der Waals surface area contributed by atoms with Crippen molar-refractivity contribution >= 4 is 11.5 Å². The quantitative estimate of drug-likeness (QED) is 0.676. The highest BCUT2D eigenvalue weighted by Gasteiger charge is 2.19. The van der Waals surface area contributed by atoms with Gasteiger partial charge in [0.05, 0.1) is 7.11 Å². The van der Waals surface area contributed by atoms with Crippen molar-refractivity contribution in [2.75, 3.05) is 7.11 Å². The Balaban J connectivity index is 2.38. The number of ether oxygens (including phenoxy) is 1. The van der Waals surface area contributed by atoms with Gasteiger partial charge in [-0.15, -0.1) is 4.91 Å². The summed E-state index contributed by atoms with van der Waals surface area (Å²) < 4.78 is 7.18. The maximum Gasteiger partial charge on any atom is 0.209 e. The van der Waals surface area contributed by atoms with Crippen molar-refractivity contribution < 1.29 is 4.74 Å². The number of rotatable bonds is 3. The van der Waals surface area contributed by atoms with Gasteiger partial charge in [-0.05, 0) is 60.8 Å². The summed E-state index contributed by atoms with van der Waals surface area (Å²) in [7, 11) is 1.61. The van der Waals surface area contributed by atoms with Gasteiger partial charge in [-0.3, -0.25) is 4.40 Å². The lowest BCUT2D eigenvalue weighted by Crippen LogP contribution is -1.92. The predicted molar refractivity (Wildman–Crippen MR) is 86.8 cm³/mol. The van der Waals surface area contributed by atoms with Gasteiger partial charge in [0.2, 0.25) is 5.82 Å². The van der Waals surface area contributed by atoms with Crippen LogP contribution in [0.1, 0.15) is 16.7 Å². The second-order valence-corrected chi connectivity index (χ2v) is 5.40. The van der Waals surface area contributed by atoms with E-state index in [1.165, 1.54) is 0 Å². The zero-order valence-corrected chi connectivity index (χ0v) is 13.0. The van der Waals surface area contributed by atoms with Crippen molar-refractivity contribution in [2.24, 2.45) is 5.18 Å². The van der Waals surface area contributed by atoms with Crippen LogP contribution in [-0.2, 0) is 0 Å². The molecule has 3 aromatic rings. The Hall–Kier alpha value is -2.69. The van der Waals surface area contributed by atoms with Gasteiger partial charge in [0.25, 0.3) is 0 Å². The van der Waals surface area contributed by atoms with Crippen molar-refractivity contribution in [1.29, 1.82) is 0 Å². The van der Waals surface area contributed by atoms with Crippen LogP contribution in [0.25, 0.3) is 16.9 Å². The first kappa shape index (κ1) is 14.3. The molecule has 2 heterocycles. The number of fused-ring (bicyclic) bond motifs is 1. The lowest BCUT2D eigenvalue weighted by Gasteiger charge is -2.10. The number of hydrogen-bond acceptors (Lipinski definition) is 4. The molecule has 0 saturated carbocycles. The van der Waals surface area contributed by atoms with E-state index < -0.39 is 0 Å². The van der Waals surface area contributed by atoms with Crippen LogP contribution in [0, 0.1) is 25.7 Å². The first-order valence-electron chi connectivity index (χ1n) is 7.03. The number of pyridine rings is 1. The Morgan fingerprint density at radius 2 is 1.86 bits per heavy atom. The van der Waals surface area contributed by atoms with E-state index in [1.807, 2.05) is 45.0 Å². The van der Waals surface area contributed by atoms with Crippen LogP contribution in [0.4, 0.5) is 5.82 Å². The maximum absolute atomic E-state index is 11.4. The van der Waals surface area contributed by atoms with Gasteiger partial charge in [-0.2, -0.15) is 0 Å². The van der Waals surface area contributed by atoms with Crippen molar-refractivity contribution in [1.82, 2.24) is 9.38 Å². The number of methoxy groups -OCH3 is 1. The highest BCUT2D eigenvalue weighted by atomic mass is 16.5. The molecule has 5 nitrogen and oxygen atoms in total. The van der Waals surface area contributed by atoms with Crippen molar-refractivity contribution in [2.45, 2.75) is 20.8 Å². The van der Waals surface area contributed by atoms with Crippen molar-refractivity contribution in [3.05, 3.63) is 52.1 Å². The second kappa shape index (κ2) is 5.26. The zero-order valence-electron chi connectivity index (χ0n) is 13.0. The van der Waals surface area contributed by atoms with E-state index in [1.54, 1.807) is 17.7 Å². The maximum atomic E-state index is 11.4. The number of benzene rings is 1. The largest absolute Gasteiger partial charge is 0.496 e. The normalized spacial score (nSPS) is 10.9. The van der Waals surface area contributed by atoms with Gasteiger partial charge in [-0.25, -0.2) is 4.98 Å². The minimum absolute atomic E-state index is 0.292. The fraction of sp³-hybridized carbons (Fsp3) is 0.235. The first-order valence-corrected chi connectivity index (χ1v) is 7.03. The Morgan fingerprint density at radius 1 is 1.14 bits per heavy atom. The number of imidazole rings is 1. The third-order valence-corrected chi connectivity index (χ3v) is 3.98. The van der Waals surface area contributed by atoms with E-state index in [4.69, 9.17) is 4.74 Å². The Labute approximate surface area is 128 Å². The summed E-state index contributed by atoms with van der Waals surface area (Å²) in [6, 6.07) is 7.77. The average Bonchev–Trinajstić information content (AvgIpc) is 2.89. The minimum atomic E-state index is 0.292. The molecule has 0 atom stereocenters. The summed E-state index contributed by atoms with van der Waals surface area (Å²) in [5, 5.41) is 3.20. The third-order valence-electron chi connectivity index (χ3n) is 3.98. The van der Waals surface area contributed by atoms with E-state index in [0.29, 0.717) is 17.3 Å². The molecule has 0 amide bonds. The molecule has 0 N–H and O–H groups in total. The monoisotopic (exact) mass is 295 g/mol. The molecule has 3 rings (SSSR count). The summed E-state index contributed by atoms with van der Waals surface area (Å²) in [5.41, 5.74) is 5.28. The van der Waals surface area contributed by atoms with E-state index >= 15 is 0 Å². The molecule has 0 aliphatic rings. The van der Waals surface area contributed by atoms with E-state index in [2.05, 4.69) is 10.2 Å². The SMILES string of the molecule is COc1cc(C)c(C)cc1-c1nc2c(C)cccn2c1N=O. The van der Waals surface area contributed by atoms with E-state index in [-0.39, 0.29) is 0 Å². The lowest BCUT2D eigenvalue weighted by molar-refractivity contribution is 0.416. The topological polar surface area (TPSA) is 56.0 Å². The summed E-state index contributed by atoms with van der Waals surface area (Å²) in [6.45, 7) is 6.00. The highest BCUT2D eigenvalue weighted by Crippen LogP contribution is 2.38. The summed E-state index contributed by atoms with van der Waals surface area (Å²) >= 11 is 0. The number of aromatic nitrogens is 2. The molecular weight excluding hydrogens is 278 g/mol. The predicted octanol–water partition coefficient (Wildman–Crippen LogP) is 4.33. The molecular formula is C17H17N3O2. The molecule has 5 heteroatoms. The molecule has 22 heavy (non-hydrogen) atoms. The number of nitroso groups, excluding NO2 is 1. The highest BCUT2D eigenvalue weighted by molar-refractivity contribution is 5.80. The number of nitrogens with zero attached hydrogens (tertiary/aromatic N) is 3. The Bertz CT molecular complexity index is 881. The molecule has 0 aliphatic heterocycles. The molecule has 2 aromatic heterocycles. The minimum Gasteiger partial charge on any atom is -0.496 e. The average molecular weight is 295 g/mol. The second-order valence-electron chi connectivity index (χ2n) is 5.40. The van der Waals surface area contributed by atoms with Crippen LogP contribution in [0.3, 0.4) is 0 Å². The Kier molecular flexibility index (Phi) is 3.41. The van der Waals surface area contributed by atoms with Crippen LogP contribution in [0.15, 0.2) is 35.6 Å². The molecule has 0 saturated heterocycles. The summed E-state index contributed by atoms with van der Waals surface area (Å²) in [5.74, 6) is 0.981. The lowest BCUT2D eigenvalue weighted by atomic mass is 10.0. The van der Waals surface area contributed by atoms with Crippen molar-refractivity contribution in [3.8, 4) is 17.0 Å². The molecule has 0 fully saturated rings. The van der Waals surface area contributed by atoms with Gasteiger partial charge in [-0.1, -0.05) is 6.07 Å². The van der Waals surface area contributed by atoms with Gasteiger partial charge in [0, 0.05) is 11.8 Å². The van der Waals surface area contributed by atoms with Crippen LogP contribution >= 0.6 is 0 Å². The smallest absolute Gasteiger partial charge is 0.209 e. The van der Waals surface area contributed by atoms with Crippen LogP contribution in [0.5, 0.6) is 5.75 Å². The fourth-order valence-electron chi connectivity index (χ4n) is 2.60. The first-order chi connectivity index (χ1) is 10.6. The standard InChI is InChI=1S/C17H17N3O2/c1-10-6-5-7-20-16(10)18-15(17(20)19-21)13-8-11(2)12(3)9-14(13)22-4/h5-9H,1-4H3. The van der Waals surface area contributed by atoms with Crippen LogP contribution in [0.2, 0.25) is 0 Å². The van der Waals surface area contributed by atoms with Gasteiger partial charge >= 0.3 is 0 Å². The molecule has 0 bridgehead atoms. The van der Waals surface area contributed by atoms with Crippen molar-refractivity contribution in [3.63, 3.8) is 0 Å². The zero-order chi connectivity index (χ0) is 15.9. The Morgan fingerprint density at radius 3 is 2.55 bits per heavy atom. The van der Waals surface area contributed by atoms with Crippen LogP contribution in [-0.4, -0.2) is 16.5 Å². The number of hydrogen-bond donors (Lipinski definition) is 0.